The van der Waals surface area contributed by atoms with Gasteiger partial charge in [0.2, 0.25) is 0 Å². The van der Waals surface area contributed by atoms with Crippen LogP contribution in [0.3, 0.4) is 0 Å². The molecule has 2 fully saturated rings. The molecule has 6 heteroatoms. The Hall–Kier alpha value is -1.02. The molecular weight excluding hydrogens is 466 g/mol. The molecule has 0 aromatic carbocycles. The molecule has 0 aromatic heterocycles. The van der Waals surface area contributed by atoms with Gasteiger partial charge in [0, 0.05) is 19.6 Å². The van der Waals surface area contributed by atoms with E-state index in [0.29, 0.717) is 48.5 Å². The molecular formula is C31H52NO5. The molecule has 3 rings (SSSR count). The van der Waals surface area contributed by atoms with Crippen LogP contribution >= 0.6 is 0 Å². The molecule has 1 saturated heterocycles. The van der Waals surface area contributed by atoms with Crippen LogP contribution < -0.4 is 0 Å². The quantitative estimate of drug-likeness (QED) is 0.277. The Morgan fingerprint density at radius 3 is 2.54 bits per heavy atom. The number of aliphatic hydroxyl groups is 1. The smallest absolute Gasteiger partial charge is 0.193 e. The molecule has 0 spiro atoms. The Morgan fingerprint density at radius 1 is 1.19 bits per heavy atom. The fraction of sp³-hybridized carbons (Fsp3) is 0.806. The van der Waals surface area contributed by atoms with Crippen molar-refractivity contribution in [2.24, 2.45) is 29.6 Å². The van der Waals surface area contributed by atoms with E-state index in [1.54, 1.807) is 0 Å². The summed E-state index contributed by atoms with van der Waals surface area (Å²) in [6, 6.07) is -0.0484. The van der Waals surface area contributed by atoms with E-state index < -0.39 is 18.5 Å². The summed E-state index contributed by atoms with van der Waals surface area (Å²) in [5.41, 5.74) is 1.38. The molecule has 3 aliphatic rings. The number of methoxy groups -OCH3 is 1. The Balaban J connectivity index is 1.52. The number of nitrogens with zero attached hydrogens (tertiary/aromatic N) is 1. The van der Waals surface area contributed by atoms with Crippen LogP contribution in [0, 0.1) is 29.6 Å². The van der Waals surface area contributed by atoms with E-state index in [2.05, 4.69) is 58.9 Å². The van der Waals surface area contributed by atoms with E-state index in [1.807, 2.05) is 25.1 Å². The molecule has 211 valence electrons. The average Bonchev–Trinajstić information content (AvgIpc) is 3.49. The van der Waals surface area contributed by atoms with Crippen LogP contribution in [0.4, 0.5) is 0 Å². The van der Waals surface area contributed by atoms with Crippen molar-refractivity contribution >= 4 is 0 Å². The zero-order chi connectivity index (χ0) is 27.3. The average molecular weight is 519 g/mol. The molecule has 2 aliphatic heterocycles. The van der Waals surface area contributed by atoms with E-state index in [0.717, 1.165) is 19.3 Å². The van der Waals surface area contributed by atoms with Gasteiger partial charge in [0.1, 0.15) is 6.10 Å². The van der Waals surface area contributed by atoms with Crippen LogP contribution in [0.1, 0.15) is 66.7 Å². The summed E-state index contributed by atoms with van der Waals surface area (Å²) >= 11 is 0. The predicted octanol–water partition coefficient (Wildman–Crippen LogP) is 5.40. The first-order valence-electron chi connectivity index (χ1n) is 14.4. The van der Waals surface area contributed by atoms with Gasteiger partial charge in [-0.3, -0.25) is 0 Å². The van der Waals surface area contributed by atoms with Crippen molar-refractivity contribution in [2.45, 2.75) is 110 Å². The molecule has 2 unspecified atom stereocenters. The zero-order valence-electron chi connectivity index (χ0n) is 24.4. The number of rotatable bonds is 12. The van der Waals surface area contributed by atoms with Gasteiger partial charge < -0.3 is 24.2 Å². The number of hydrogen-bond donors (Lipinski definition) is 1. The monoisotopic (exact) mass is 518 g/mol. The summed E-state index contributed by atoms with van der Waals surface area (Å²) in [6.45, 7) is 11.3. The summed E-state index contributed by atoms with van der Waals surface area (Å²) in [5.74, 6) is 2.60. The van der Waals surface area contributed by atoms with Crippen molar-refractivity contribution < 1.29 is 24.4 Å². The minimum absolute atomic E-state index is 0.0484. The lowest BCUT2D eigenvalue weighted by Crippen LogP contribution is -2.53. The molecule has 1 radical (unpaired) electrons. The van der Waals surface area contributed by atoms with Gasteiger partial charge in [0.25, 0.3) is 0 Å². The van der Waals surface area contributed by atoms with Crippen LogP contribution in [-0.4, -0.2) is 74.1 Å². The lowest BCUT2D eigenvalue weighted by molar-refractivity contribution is -0.179. The molecule has 2 heterocycles. The molecule has 1 saturated carbocycles. The van der Waals surface area contributed by atoms with Crippen molar-refractivity contribution in [3.8, 4) is 0 Å². The van der Waals surface area contributed by atoms with Gasteiger partial charge in [0.15, 0.2) is 6.29 Å². The molecule has 1 aliphatic carbocycles. The maximum absolute atomic E-state index is 11.9. The molecule has 0 amide bonds. The number of ether oxygens (including phenoxy) is 3. The van der Waals surface area contributed by atoms with Crippen LogP contribution in [-0.2, 0) is 19.3 Å². The van der Waals surface area contributed by atoms with Crippen molar-refractivity contribution in [1.82, 2.24) is 4.90 Å². The van der Waals surface area contributed by atoms with Crippen molar-refractivity contribution in [3.05, 3.63) is 36.0 Å². The lowest BCUT2D eigenvalue weighted by atomic mass is 9.88. The van der Waals surface area contributed by atoms with Gasteiger partial charge in [-0.2, -0.15) is 0 Å². The summed E-state index contributed by atoms with van der Waals surface area (Å²) in [6.07, 6.45) is 13.8. The Bertz CT molecular complexity index is 794. The van der Waals surface area contributed by atoms with E-state index in [-0.39, 0.29) is 18.2 Å². The number of hydrogen-bond acceptors (Lipinski definition) is 5. The minimum atomic E-state index is -1.10. The molecule has 37 heavy (non-hydrogen) atoms. The second-order valence-corrected chi connectivity index (χ2v) is 12.1. The number of allylic oxidation sites excluding steroid dienone is 3. The maximum Gasteiger partial charge on any atom is 0.193 e. The second kappa shape index (κ2) is 13.9. The van der Waals surface area contributed by atoms with Crippen molar-refractivity contribution in [1.29, 1.82) is 0 Å². The fourth-order valence-electron chi connectivity index (χ4n) is 6.22. The highest BCUT2D eigenvalue weighted by atomic mass is 16.6. The van der Waals surface area contributed by atoms with Gasteiger partial charge >= 0.3 is 0 Å². The van der Waals surface area contributed by atoms with Crippen molar-refractivity contribution in [3.63, 3.8) is 0 Å². The topological polar surface area (TPSA) is 71.1 Å². The van der Waals surface area contributed by atoms with Crippen LogP contribution in [0.5, 0.6) is 0 Å². The van der Waals surface area contributed by atoms with Gasteiger partial charge in [-0.25, -0.2) is 5.11 Å². The van der Waals surface area contributed by atoms with Gasteiger partial charge in [-0.05, 0) is 81.9 Å². The van der Waals surface area contributed by atoms with E-state index in [4.69, 9.17) is 14.2 Å². The number of likely N-dealkylation sites (N-methyl/N-ethyl adjacent to an activating group) is 1. The van der Waals surface area contributed by atoms with Gasteiger partial charge in [0.05, 0.1) is 24.4 Å². The highest BCUT2D eigenvalue weighted by Gasteiger charge is 2.44. The first-order valence-corrected chi connectivity index (χ1v) is 14.4. The van der Waals surface area contributed by atoms with Gasteiger partial charge in [-0.1, -0.05) is 58.1 Å². The summed E-state index contributed by atoms with van der Waals surface area (Å²) in [5, 5.41) is 22.8. The molecule has 6 nitrogen and oxygen atoms in total. The van der Waals surface area contributed by atoms with Gasteiger partial charge in [-0.15, -0.1) is 0 Å². The van der Waals surface area contributed by atoms with E-state index in [9.17, 15) is 10.2 Å². The fourth-order valence-corrected chi connectivity index (χ4v) is 6.22. The Kier molecular flexibility index (Phi) is 11.4. The normalized spacial score (nSPS) is 39.2. The Labute approximate surface area is 225 Å². The Morgan fingerprint density at radius 2 is 1.89 bits per heavy atom. The van der Waals surface area contributed by atoms with Crippen LogP contribution in [0.15, 0.2) is 36.0 Å². The van der Waals surface area contributed by atoms with E-state index >= 15 is 0 Å². The number of aliphatic hydroxyl groups excluding tert-OH is 1. The van der Waals surface area contributed by atoms with Crippen molar-refractivity contribution in [2.75, 3.05) is 21.2 Å². The second-order valence-electron chi connectivity index (χ2n) is 12.1. The standard InChI is InChI=1S/C31H52NO5/c1-9-27-20(3)11-14-28(37-27)21(4)16-19(2)10-12-24-22(5)25(24)13-15-29-31(34)26(32(6)7)17-23(36-29)18-30(33)35-8/h10-13,15,19,21-31,34H,9,14,16-18H2,1-8H3/b12-10+,15-13+/t19-,21?,22+,23-,24-,25-,26-,27+,28+,29-,30?,31+/m0/s1. The lowest BCUT2D eigenvalue weighted by Gasteiger charge is -2.41. The largest absolute Gasteiger partial charge is 0.388 e. The molecule has 1 N–H and O–H groups in total. The molecule has 12 atom stereocenters. The third kappa shape index (κ3) is 8.23. The van der Waals surface area contributed by atoms with E-state index in [1.165, 1.54) is 12.7 Å². The first-order chi connectivity index (χ1) is 17.5. The third-order valence-electron chi connectivity index (χ3n) is 8.94. The minimum Gasteiger partial charge on any atom is -0.388 e. The van der Waals surface area contributed by atoms with Crippen LogP contribution in [0.2, 0.25) is 0 Å². The zero-order valence-corrected chi connectivity index (χ0v) is 24.4. The summed E-state index contributed by atoms with van der Waals surface area (Å²) in [4.78, 5) is 2.03. The third-order valence-corrected chi connectivity index (χ3v) is 8.94. The molecule has 0 bridgehead atoms. The summed E-state index contributed by atoms with van der Waals surface area (Å²) < 4.78 is 17.4. The predicted molar refractivity (Wildman–Crippen MR) is 148 cm³/mol. The maximum atomic E-state index is 11.9. The highest BCUT2D eigenvalue weighted by molar-refractivity contribution is 5.17. The molecule has 0 aromatic rings. The SMILES string of the molecule is CC[C@H]1O[C@@H](C(C)C[C@@H](C)/C=C/[C@H]2[C@@H](C)[C@@H]2/C=C/[C@@H]2O[C@H](CC([O])OC)C[C@H](N(C)C)[C@H]2O)CC=C1C. The van der Waals surface area contributed by atoms with Crippen LogP contribution in [0.25, 0.3) is 0 Å². The first kappa shape index (κ1) is 30.5. The highest BCUT2D eigenvalue weighted by Crippen LogP contribution is 2.48. The summed E-state index contributed by atoms with van der Waals surface area (Å²) in [7, 11) is 5.37.